The van der Waals surface area contributed by atoms with Crippen molar-refractivity contribution < 1.29 is 4.52 Å². The zero-order valence-corrected chi connectivity index (χ0v) is 16.7. The number of hydrogen-bond acceptors (Lipinski definition) is 6. The molecule has 0 aliphatic carbocycles. The molecule has 2 aromatic carbocycles. The van der Waals surface area contributed by atoms with Crippen LogP contribution in [0, 0.1) is 0 Å². The van der Waals surface area contributed by atoms with Crippen molar-refractivity contribution in [2.45, 2.75) is 6.54 Å². The third-order valence-corrected chi connectivity index (χ3v) is 5.48. The lowest BCUT2D eigenvalue weighted by molar-refractivity contribution is 0.148. The van der Waals surface area contributed by atoms with Crippen molar-refractivity contribution in [2.75, 3.05) is 33.2 Å². The minimum absolute atomic E-state index is 0.523. The van der Waals surface area contributed by atoms with Gasteiger partial charge in [-0.3, -0.25) is 9.58 Å². The Kier molecular flexibility index (Phi) is 4.61. The normalized spacial score (nSPS) is 15.9. The first-order chi connectivity index (χ1) is 14.1. The van der Waals surface area contributed by atoms with Gasteiger partial charge in [0.15, 0.2) is 0 Å². The molecular formula is C22H24N6O. The number of rotatable bonds is 4. The maximum atomic E-state index is 5.56. The summed E-state index contributed by atoms with van der Waals surface area (Å²) in [6.07, 6.45) is 1.98. The lowest BCUT2D eigenvalue weighted by Crippen LogP contribution is -2.43. The van der Waals surface area contributed by atoms with Crippen molar-refractivity contribution in [2.24, 2.45) is 7.05 Å². The highest BCUT2D eigenvalue weighted by molar-refractivity contribution is 5.82. The molecule has 0 bridgehead atoms. The molecule has 5 rings (SSSR count). The van der Waals surface area contributed by atoms with Crippen LogP contribution < -0.4 is 0 Å². The second-order valence-electron chi connectivity index (χ2n) is 7.78. The van der Waals surface area contributed by atoms with Crippen LogP contribution in [0.1, 0.15) is 5.56 Å². The SMILES string of the molecule is CN1CCN(Cc2cccc(-c3noc(-c4ccc5nn(C)cc5c4)n3)c2)CC1. The van der Waals surface area contributed by atoms with Crippen LogP contribution in [-0.4, -0.2) is 62.9 Å². The molecule has 0 atom stereocenters. The van der Waals surface area contributed by atoms with Crippen LogP contribution in [0.25, 0.3) is 33.7 Å². The van der Waals surface area contributed by atoms with Gasteiger partial charge in [-0.25, -0.2) is 0 Å². The van der Waals surface area contributed by atoms with Gasteiger partial charge in [-0.05, 0) is 36.9 Å². The molecule has 29 heavy (non-hydrogen) atoms. The standard InChI is InChI=1S/C22H24N6O/c1-26-8-10-28(11-9-26)14-16-4-3-5-17(12-16)21-23-22(29-25-21)18-6-7-20-19(13-18)15-27(2)24-20/h3-7,12-13,15H,8-11,14H2,1-2H3. The van der Waals surface area contributed by atoms with E-state index in [1.807, 2.05) is 37.5 Å². The van der Waals surface area contributed by atoms with E-state index in [4.69, 9.17) is 4.52 Å². The summed E-state index contributed by atoms with van der Waals surface area (Å²) in [5.74, 6) is 1.14. The predicted octanol–water partition coefficient (Wildman–Crippen LogP) is 3.04. The van der Waals surface area contributed by atoms with E-state index in [2.05, 4.69) is 50.3 Å². The highest BCUT2D eigenvalue weighted by Gasteiger charge is 2.15. The quantitative estimate of drug-likeness (QED) is 0.535. The fraction of sp³-hybridized carbons (Fsp3) is 0.318. The Morgan fingerprint density at radius 2 is 1.83 bits per heavy atom. The number of fused-ring (bicyclic) bond motifs is 1. The maximum absolute atomic E-state index is 5.56. The summed E-state index contributed by atoms with van der Waals surface area (Å²) in [6.45, 7) is 5.39. The molecule has 7 heteroatoms. The predicted molar refractivity (Wildman–Crippen MR) is 112 cm³/mol. The molecule has 1 aliphatic rings. The van der Waals surface area contributed by atoms with Crippen LogP contribution in [0.3, 0.4) is 0 Å². The third kappa shape index (κ3) is 3.79. The van der Waals surface area contributed by atoms with Gasteiger partial charge in [0, 0.05) is 62.5 Å². The van der Waals surface area contributed by atoms with Gasteiger partial charge in [0.25, 0.3) is 5.89 Å². The summed E-state index contributed by atoms with van der Waals surface area (Å²) in [5.41, 5.74) is 4.11. The summed E-state index contributed by atoms with van der Waals surface area (Å²) < 4.78 is 7.36. The highest BCUT2D eigenvalue weighted by atomic mass is 16.5. The highest BCUT2D eigenvalue weighted by Crippen LogP contribution is 2.26. The first kappa shape index (κ1) is 18.0. The number of nitrogens with zero attached hydrogens (tertiary/aromatic N) is 6. The first-order valence-electron chi connectivity index (χ1n) is 9.92. The molecule has 0 amide bonds. The molecule has 2 aromatic heterocycles. The van der Waals surface area contributed by atoms with E-state index in [-0.39, 0.29) is 0 Å². The second kappa shape index (κ2) is 7.42. The zero-order valence-electron chi connectivity index (χ0n) is 16.7. The second-order valence-corrected chi connectivity index (χ2v) is 7.78. The molecular weight excluding hydrogens is 364 g/mol. The van der Waals surface area contributed by atoms with Gasteiger partial charge in [0.05, 0.1) is 5.52 Å². The van der Waals surface area contributed by atoms with E-state index < -0.39 is 0 Å². The van der Waals surface area contributed by atoms with Crippen molar-refractivity contribution in [3.8, 4) is 22.8 Å². The minimum atomic E-state index is 0.523. The lowest BCUT2D eigenvalue weighted by atomic mass is 10.1. The molecule has 1 fully saturated rings. The number of benzene rings is 2. The van der Waals surface area contributed by atoms with E-state index in [1.165, 1.54) is 5.56 Å². The van der Waals surface area contributed by atoms with E-state index in [0.717, 1.165) is 54.8 Å². The average molecular weight is 388 g/mol. The Balaban J connectivity index is 1.37. The molecule has 1 aliphatic heterocycles. The van der Waals surface area contributed by atoms with Crippen LogP contribution in [0.15, 0.2) is 53.2 Å². The minimum Gasteiger partial charge on any atom is -0.334 e. The Morgan fingerprint density at radius 1 is 0.966 bits per heavy atom. The first-order valence-corrected chi connectivity index (χ1v) is 9.92. The van der Waals surface area contributed by atoms with E-state index in [9.17, 15) is 0 Å². The van der Waals surface area contributed by atoms with Gasteiger partial charge in [0.1, 0.15) is 0 Å². The van der Waals surface area contributed by atoms with Crippen molar-refractivity contribution in [1.29, 1.82) is 0 Å². The fourth-order valence-electron chi connectivity index (χ4n) is 3.81. The van der Waals surface area contributed by atoms with Crippen molar-refractivity contribution >= 4 is 10.9 Å². The van der Waals surface area contributed by atoms with Crippen LogP contribution in [0.2, 0.25) is 0 Å². The summed E-state index contributed by atoms with van der Waals surface area (Å²) in [6, 6.07) is 14.4. The van der Waals surface area contributed by atoms with Gasteiger partial charge < -0.3 is 9.42 Å². The van der Waals surface area contributed by atoms with Gasteiger partial charge >= 0.3 is 0 Å². The van der Waals surface area contributed by atoms with E-state index in [1.54, 1.807) is 4.68 Å². The van der Waals surface area contributed by atoms with Crippen molar-refractivity contribution in [3.63, 3.8) is 0 Å². The number of piperazine rings is 1. The monoisotopic (exact) mass is 388 g/mol. The average Bonchev–Trinajstić information content (AvgIpc) is 3.35. The van der Waals surface area contributed by atoms with Gasteiger partial charge in [-0.1, -0.05) is 23.4 Å². The Hall–Kier alpha value is -3.03. The summed E-state index contributed by atoms with van der Waals surface area (Å²) in [5, 5.41) is 9.68. The molecule has 0 N–H and O–H groups in total. The van der Waals surface area contributed by atoms with Crippen molar-refractivity contribution in [3.05, 3.63) is 54.2 Å². The molecule has 148 valence electrons. The van der Waals surface area contributed by atoms with Gasteiger partial charge in [0.2, 0.25) is 5.82 Å². The molecule has 3 heterocycles. The number of aryl methyl sites for hydroxylation is 1. The summed E-state index contributed by atoms with van der Waals surface area (Å²) in [4.78, 5) is 9.50. The third-order valence-electron chi connectivity index (χ3n) is 5.48. The van der Waals surface area contributed by atoms with Gasteiger partial charge in [-0.2, -0.15) is 10.1 Å². The smallest absolute Gasteiger partial charge is 0.258 e. The number of hydrogen-bond donors (Lipinski definition) is 0. The fourth-order valence-corrected chi connectivity index (χ4v) is 3.81. The Bertz CT molecular complexity index is 1140. The number of aromatic nitrogens is 4. The van der Waals surface area contributed by atoms with E-state index >= 15 is 0 Å². The number of likely N-dealkylation sites (N-methyl/N-ethyl adjacent to an activating group) is 1. The van der Waals surface area contributed by atoms with Crippen LogP contribution in [0.5, 0.6) is 0 Å². The van der Waals surface area contributed by atoms with Crippen molar-refractivity contribution in [1.82, 2.24) is 29.7 Å². The van der Waals surface area contributed by atoms with Crippen LogP contribution in [-0.2, 0) is 13.6 Å². The molecule has 0 unspecified atom stereocenters. The molecule has 7 nitrogen and oxygen atoms in total. The lowest BCUT2D eigenvalue weighted by Gasteiger charge is -2.32. The van der Waals surface area contributed by atoms with Crippen LogP contribution in [0.4, 0.5) is 0 Å². The maximum Gasteiger partial charge on any atom is 0.258 e. The van der Waals surface area contributed by atoms with E-state index in [0.29, 0.717) is 11.7 Å². The summed E-state index contributed by atoms with van der Waals surface area (Å²) >= 11 is 0. The molecule has 4 aromatic rings. The Morgan fingerprint density at radius 3 is 2.69 bits per heavy atom. The molecule has 1 saturated heterocycles. The molecule has 0 spiro atoms. The molecule has 0 radical (unpaired) electrons. The Labute approximate surface area is 169 Å². The largest absolute Gasteiger partial charge is 0.334 e. The molecule has 0 saturated carbocycles. The zero-order chi connectivity index (χ0) is 19.8. The topological polar surface area (TPSA) is 63.2 Å². The summed E-state index contributed by atoms with van der Waals surface area (Å²) in [7, 11) is 4.09. The van der Waals surface area contributed by atoms with Crippen LogP contribution >= 0.6 is 0 Å². The van der Waals surface area contributed by atoms with Gasteiger partial charge in [-0.15, -0.1) is 0 Å².